The molecule has 152 valence electrons. The number of carbonyl (C=O) groups excluding carboxylic acids is 2. The van der Waals surface area contributed by atoms with Crippen molar-refractivity contribution in [1.82, 2.24) is 0 Å². The molecular weight excluding hydrogens is 398 g/mol. The summed E-state index contributed by atoms with van der Waals surface area (Å²) in [6.45, 7) is 4.34. The first-order valence-corrected chi connectivity index (χ1v) is 10.2. The molecule has 1 atom stereocenters. The van der Waals surface area contributed by atoms with E-state index >= 15 is 0 Å². The average Bonchev–Trinajstić information content (AvgIpc) is 2.93. The normalized spacial score (nSPS) is 17.9. The molecule has 0 saturated carbocycles. The van der Waals surface area contributed by atoms with Crippen LogP contribution in [0.5, 0.6) is 0 Å². The van der Waals surface area contributed by atoms with Gasteiger partial charge in [0.2, 0.25) is 0 Å². The van der Waals surface area contributed by atoms with E-state index in [1.165, 1.54) is 0 Å². The van der Waals surface area contributed by atoms with E-state index < -0.39 is 11.5 Å². The van der Waals surface area contributed by atoms with Gasteiger partial charge in [-0.05, 0) is 55.3 Å². The highest BCUT2D eigenvalue weighted by Gasteiger charge is 2.50. The second-order valence-corrected chi connectivity index (χ2v) is 8.24. The highest BCUT2D eigenvalue weighted by atomic mass is 35.5. The molecule has 1 heterocycles. The van der Waals surface area contributed by atoms with E-state index in [9.17, 15) is 14.7 Å². The van der Waals surface area contributed by atoms with Gasteiger partial charge in [0.25, 0.3) is 5.91 Å². The molecule has 1 aliphatic heterocycles. The number of aryl methyl sites for hydroxylation is 2. The summed E-state index contributed by atoms with van der Waals surface area (Å²) in [4.78, 5) is 27.8. The van der Waals surface area contributed by atoms with Crippen molar-refractivity contribution in [2.45, 2.75) is 32.4 Å². The van der Waals surface area contributed by atoms with Gasteiger partial charge < -0.3 is 10.0 Å². The SMILES string of the molecule is Cc1ccc(C)c(CN2C(=O)[C@](O)(CC(=O)c3ccc(Cl)cc3)c3ccccc32)c1. The molecule has 0 saturated heterocycles. The van der Waals surface area contributed by atoms with Crippen molar-refractivity contribution in [2.75, 3.05) is 4.90 Å². The maximum atomic E-state index is 13.4. The van der Waals surface area contributed by atoms with Crippen LogP contribution >= 0.6 is 11.6 Å². The number of hydrogen-bond acceptors (Lipinski definition) is 3. The zero-order chi connectivity index (χ0) is 21.5. The first-order valence-electron chi connectivity index (χ1n) is 9.78. The molecule has 0 aromatic heterocycles. The minimum absolute atomic E-state index is 0.314. The largest absolute Gasteiger partial charge is 0.375 e. The average molecular weight is 420 g/mol. The van der Waals surface area contributed by atoms with Crippen LogP contribution in [0.1, 0.15) is 39.0 Å². The number of benzene rings is 3. The van der Waals surface area contributed by atoms with Crippen LogP contribution in [0.3, 0.4) is 0 Å². The van der Waals surface area contributed by atoms with Gasteiger partial charge in [-0.3, -0.25) is 9.59 Å². The highest BCUT2D eigenvalue weighted by Crippen LogP contribution is 2.43. The van der Waals surface area contributed by atoms with Crippen molar-refractivity contribution in [1.29, 1.82) is 0 Å². The van der Waals surface area contributed by atoms with Gasteiger partial charge in [-0.15, -0.1) is 0 Å². The smallest absolute Gasteiger partial charge is 0.264 e. The number of anilines is 1. The maximum absolute atomic E-state index is 13.4. The maximum Gasteiger partial charge on any atom is 0.264 e. The second-order valence-electron chi connectivity index (χ2n) is 7.81. The Hall–Kier alpha value is -2.95. The first kappa shape index (κ1) is 20.3. The van der Waals surface area contributed by atoms with Crippen LogP contribution in [0.25, 0.3) is 0 Å². The molecule has 3 aromatic carbocycles. The molecule has 1 N–H and O–H groups in total. The van der Waals surface area contributed by atoms with Crippen molar-refractivity contribution in [3.63, 3.8) is 0 Å². The molecule has 0 bridgehead atoms. The Labute approximate surface area is 180 Å². The van der Waals surface area contributed by atoms with Crippen LogP contribution in [0.15, 0.2) is 66.7 Å². The third-order valence-electron chi connectivity index (χ3n) is 5.66. The predicted octanol–water partition coefficient (Wildman–Crippen LogP) is 4.96. The van der Waals surface area contributed by atoms with E-state index in [0.29, 0.717) is 28.4 Å². The summed E-state index contributed by atoms with van der Waals surface area (Å²) in [6, 6.07) is 19.7. The minimum Gasteiger partial charge on any atom is -0.375 e. The fraction of sp³-hybridized carbons (Fsp3) is 0.200. The summed E-state index contributed by atoms with van der Waals surface area (Å²) in [5, 5.41) is 12.0. The minimum atomic E-state index is -1.90. The van der Waals surface area contributed by atoms with Crippen molar-refractivity contribution < 1.29 is 14.7 Å². The molecule has 0 fully saturated rings. The number of nitrogens with zero attached hydrogens (tertiary/aromatic N) is 1. The van der Waals surface area contributed by atoms with Gasteiger partial charge in [-0.2, -0.15) is 0 Å². The second kappa shape index (κ2) is 7.71. The van der Waals surface area contributed by atoms with E-state index in [1.54, 1.807) is 41.3 Å². The summed E-state index contributed by atoms with van der Waals surface area (Å²) in [5.74, 6) is -0.794. The van der Waals surface area contributed by atoms with Gasteiger partial charge in [0.1, 0.15) is 0 Å². The monoisotopic (exact) mass is 419 g/mol. The van der Waals surface area contributed by atoms with E-state index in [2.05, 4.69) is 0 Å². The van der Waals surface area contributed by atoms with Gasteiger partial charge >= 0.3 is 0 Å². The number of amides is 1. The van der Waals surface area contributed by atoms with Crippen molar-refractivity contribution in [3.05, 3.63) is 99.6 Å². The number of ketones is 1. The number of hydrogen-bond donors (Lipinski definition) is 1. The molecule has 0 spiro atoms. The molecular formula is C25H22ClNO3. The van der Waals surface area contributed by atoms with Crippen LogP contribution in [0, 0.1) is 13.8 Å². The molecule has 0 unspecified atom stereocenters. The van der Waals surface area contributed by atoms with E-state index in [0.717, 1.165) is 16.7 Å². The molecule has 4 rings (SSSR count). The summed E-state index contributed by atoms with van der Waals surface area (Å²) in [6.07, 6.45) is -0.326. The zero-order valence-electron chi connectivity index (χ0n) is 16.9. The van der Waals surface area contributed by atoms with Crippen molar-refractivity contribution in [3.8, 4) is 0 Å². The Kier molecular flexibility index (Phi) is 5.22. The van der Waals surface area contributed by atoms with Gasteiger partial charge in [0.05, 0.1) is 18.7 Å². The number of rotatable bonds is 5. The van der Waals surface area contributed by atoms with E-state index in [-0.39, 0.29) is 12.2 Å². The Balaban J connectivity index is 1.69. The summed E-state index contributed by atoms with van der Waals surface area (Å²) >= 11 is 5.90. The fourth-order valence-corrected chi connectivity index (χ4v) is 4.07. The number of Topliss-reactive ketones (excluding diaryl/α,β-unsaturated/α-hetero) is 1. The quantitative estimate of drug-likeness (QED) is 0.594. The lowest BCUT2D eigenvalue weighted by molar-refractivity contribution is -0.136. The van der Waals surface area contributed by atoms with Crippen molar-refractivity contribution in [2.24, 2.45) is 0 Å². The molecule has 1 aliphatic rings. The summed E-state index contributed by atoms with van der Waals surface area (Å²) in [5.41, 5.74) is 2.78. The molecule has 30 heavy (non-hydrogen) atoms. The Bertz CT molecular complexity index is 1140. The number of para-hydroxylation sites is 1. The van der Waals surface area contributed by atoms with Crippen LogP contribution in [-0.2, 0) is 16.9 Å². The first-order chi connectivity index (χ1) is 14.3. The van der Waals surface area contributed by atoms with Crippen LogP contribution in [-0.4, -0.2) is 16.8 Å². The molecule has 0 aliphatic carbocycles. The Morgan fingerprint density at radius 2 is 1.73 bits per heavy atom. The molecule has 5 heteroatoms. The lowest BCUT2D eigenvalue weighted by Crippen LogP contribution is -2.41. The zero-order valence-corrected chi connectivity index (χ0v) is 17.6. The molecule has 1 amide bonds. The molecule has 3 aromatic rings. The van der Waals surface area contributed by atoms with Gasteiger partial charge in [0, 0.05) is 16.1 Å². The van der Waals surface area contributed by atoms with Gasteiger partial charge in [0.15, 0.2) is 11.4 Å². The topological polar surface area (TPSA) is 57.6 Å². The third-order valence-corrected chi connectivity index (χ3v) is 5.91. The van der Waals surface area contributed by atoms with E-state index in [1.807, 2.05) is 44.2 Å². The molecule has 0 radical (unpaired) electrons. The third kappa shape index (κ3) is 3.53. The lowest BCUT2D eigenvalue weighted by atomic mass is 9.88. The summed E-state index contributed by atoms with van der Waals surface area (Å²) < 4.78 is 0. The van der Waals surface area contributed by atoms with Crippen LogP contribution in [0.2, 0.25) is 5.02 Å². The predicted molar refractivity (Wildman–Crippen MR) is 118 cm³/mol. The van der Waals surface area contributed by atoms with Crippen LogP contribution in [0.4, 0.5) is 5.69 Å². The fourth-order valence-electron chi connectivity index (χ4n) is 3.95. The number of carbonyl (C=O) groups is 2. The van der Waals surface area contributed by atoms with Crippen molar-refractivity contribution >= 4 is 29.0 Å². The lowest BCUT2D eigenvalue weighted by Gasteiger charge is -2.23. The van der Waals surface area contributed by atoms with Gasteiger partial charge in [-0.25, -0.2) is 0 Å². The number of halogens is 1. The van der Waals surface area contributed by atoms with Crippen LogP contribution < -0.4 is 4.90 Å². The Morgan fingerprint density at radius 3 is 2.47 bits per heavy atom. The Morgan fingerprint density at radius 1 is 1.03 bits per heavy atom. The van der Waals surface area contributed by atoms with E-state index in [4.69, 9.17) is 11.6 Å². The number of fused-ring (bicyclic) bond motifs is 1. The van der Waals surface area contributed by atoms with Gasteiger partial charge in [-0.1, -0.05) is 53.6 Å². The number of aliphatic hydroxyl groups is 1. The summed E-state index contributed by atoms with van der Waals surface area (Å²) in [7, 11) is 0. The molecule has 4 nitrogen and oxygen atoms in total. The standard InChI is InChI=1S/C25H22ClNO3/c1-16-7-8-17(2)19(13-16)15-27-22-6-4-3-5-21(22)25(30,24(27)29)14-23(28)18-9-11-20(26)12-10-18/h3-13,30H,14-15H2,1-2H3/t25-/m0/s1. The highest BCUT2D eigenvalue weighted by molar-refractivity contribution is 6.30.